The third kappa shape index (κ3) is 5.18. The Bertz CT molecular complexity index is 1420. The number of hydrogen-bond acceptors (Lipinski definition) is 5. The molecule has 1 aromatic heterocycles. The van der Waals surface area contributed by atoms with E-state index in [1.165, 1.54) is 0 Å². The molecular weight excluding hydrogens is 494 g/mol. The van der Waals surface area contributed by atoms with Crippen LogP contribution in [0.15, 0.2) is 47.4 Å². The first-order valence-electron chi connectivity index (χ1n) is 13.7. The summed E-state index contributed by atoms with van der Waals surface area (Å²) >= 11 is 0. The molecule has 2 aliphatic rings. The van der Waals surface area contributed by atoms with Crippen molar-refractivity contribution in [2.24, 2.45) is 23.7 Å². The molecule has 1 saturated carbocycles. The van der Waals surface area contributed by atoms with Crippen molar-refractivity contribution in [3.05, 3.63) is 64.7 Å². The first-order valence-corrected chi connectivity index (χ1v) is 15.2. The third-order valence-corrected chi connectivity index (χ3v) is 9.56. The van der Waals surface area contributed by atoms with Crippen molar-refractivity contribution in [1.29, 1.82) is 0 Å². The van der Waals surface area contributed by atoms with Gasteiger partial charge in [0.1, 0.15) is 0 Å². The summed E-state index contributed by atoms with van der Waals surface area (Å²) in [7, 11) is -3.90. The van der Waals surface area contributed by atoms with Gasteiger partial charge in [-0.25, -0.2) is 18.1 Å². The van der Waals surface area contributed by atoms with Gasteiger partial charge >= 0.3 is 0 Å². The third-order valence-electron chi connectivity index (χ3n) is 8.23. The van der Waals surface area contributed by atoms with Crippen molar-refractivity contribution in [2.45, 2.75) is 71.6 Å². The summed E-state index contributed by atoms with van der Waals surface area (Å²) in [6.07, 6.45) is 3.30. The molecule has 38 heavy (non-hydrogen) atoms. The fourth-order valence-electron chi connectivity index (χ4n) is 6.48. The summed E-state index contributed by atoms with van der Waals surface area (Å²) < 4.78 is 36.4. The predicted octanol–water partition coefficient (Wildman–Crippen LogP) is 7.05. The summed E-state index contributed by atoms with van der Waals surface area (Å²) in [4.78, 5) is 9.56. The molecule has 2 atom stereocenters. The van der Waals surface area contributed by atoms with Gasteiger partial charge in [-0.1, -0.05) is 51.1 Å². The molecule has 1 fully saturated rings. The molecule has 202 valence electrons. The van der Waals surface area contributed by atoms with Crippen LogP contribution in [0.2, 0.25) is 0 Å². The Morgan fingerprint density at radius 3 is 2.37 bits per heavy atom. The van der Waals surface area contributed by atoms with Crippen molar-refractivity contribution in [2.75, 3.05) is 11.3 Å². The van der Waals surface area contributed by atoms with Crippen LogP contribution in [0.4, 0.5) is 5.95 Å². The van der Waals surface area contributed by atoms with E-state index in [9.17, 15) is 8.42 Å². The molecule has 0 amide bonds. The van der Waals surface area contributed by atoms with Crippen LogP contribution in [0.1, 0.15) is 68.2 Å². The number of fused-ring (bicyclic) bond motifs is 4. The number of aryl methyl sites for hydroxylation is 2. The van der Waals surface area contributed by atoms with E-state index in [1.807, 2.05) is 51.1 Å². The van der Waals surface area contributed by atoms with E-state index < -0.39 is 10.0 Å². The summed E-state index contributed by atoms with van der Waals surface area (Å²) in [6, 6.07) is 13.6. The minimum Gasteiger partial charge on any atom is -0.477 e. The molecule has 4 bridgehead atoms. The molecule has 5 rings (SSSR count). The number of rotatable bonds is 4. The monoisotopic (exact) mass is 533 g/mol. The lowest BCUT2D eigenvalue weighted by Gasteiger charge is -2.43. The van der Waals surface area contributed by atoms with Crippen molar-refractivity contribution in [3.63, 3.8) is 0 Å². The maximum absolute atomic E-state index is 13.6. The van der Waals surface area contributed by atoms with Crippen molar-refractivity contribution < 1.29 is 13.2 Å². The van der Waals surface area contributed by atoms with Gasteiger partial charge in [0.25, 0.3) is 10.0 Å². The van der Waals surface area contributed by atoms with E-state index in [0.29, 0.717) is 35.9 Å². The molecule has 1 aliphatic carbocycles. The van der Waals surface area contributed by atoms with Gasteiger partial charge in [-0.05, 0) is 92.5 Å². The van der Waals surface area contributed by atoms with E-state index in [0.717, 1.165) is 47.1 Å². The smallest absolute Gasteiger partial charge is 0.264 e. The molecule has 1 N–H and O–H groups in total. The Kier molecular flexibility index (Phi) is 7.25. The normalized spacial score (nSPS) is 24.4. The largest absolute Gasteiger partial charge is 0.477 e. The molecule has 0 spiro atoms. The highest BCUT2D eigenvalue weighted by molar-refractivity contribution is 7.92. The predicted molar refractivity (Wildman–Crippen MR) is 152 cm³/mol. The second kappa shape index (κ2) is 10.3. The molecule has 7 heteroatoms. The van der Waals surface area contributed by atoms with Crippen molar-refractivity contribution >= 4 is 16.0 Å². The number of hydrogen-bond donors (Lipinski definition) is 1. The number of benzene rings is 2. The zero-order valence-corrected chi connectivity index (χ0v) is 24.1. The lowest BCUT2D eigenvalue weighted by molar-refractivity contribution is 0.101. The molecule has 1 aliphatic heterocycles. The number of sulfonamides is 1. The Morgan fingerprint density at radius 2 is 1.71 bits per heavy atom. The Hall–Kier alpha value is -2.93. The van der Waals surface area contributed by atoms with Crippen LogP contribution >= 0.6 is 0 Å². The average Bonchev–Trinajstić information content (AvgIpc) is 2.82. The van der Waals surface area contributed by atoms with Gasteiger partial charge in [0.15, 0.2) is 0 Å². The molecule has 2 aromatic carbocycles. The number of ether oxygens (including phenoxy) is 1. The van der Waals surface area contributed by atoms with Gasteiger partial charge < -0.3 is 4.74 Å². The van der Waals surface area contributed by atoms with Crippen molar-refractivity contribution in [3.8, 4) is 17.1 Å². The van der Waals surface area contributed by atoms with Crippen LogP contribution in [-0.4, -0.2) is 25.0 Å². The topological polar surface area (TPSA) is 81.2 Å². The van der Waals surface area contributed by atoms with Gasteiger partial charge in [0.05, 0.1) is 17.2 Å². The van der Waals surface area contributed by atoms with Crippen LogP contribution in [0.3, 0.4) is 0 Å². The Balaban J connectivity index is 1.68. The first kappa shape index (κ1) is 26.7. The lowest BCUT2D eigenvalue weighted by atomic mass is 9.62. The molecule has 2 heterocycles. The summed E-state index contributed by atoms with van der Waals surface area (Å²) in [6.45, 7) is 13.4. The van der Waals surface area contributed by atoms with Crippen LogP contribution in [0, 0.1) is 44.4 Å². The maximum atomic E-state index is 13.6. The molecule has 1 unspecified atom stereocenters. The number of nitrogens with one attached hydrogen (secondary N) is 1. The number of nitrogens with zero attached hydrogens (tertiary/aromatic N) is 2. The highest BCUT2D eigenvalue weighted by Crippen LogP contribution is 2.48. The Labute approximate surface area is 227 Å². The van der Waals surface area contributed by atoms with Gasteiger partial charge in [0, 0.05) is 17.0 Å². The molecule has 0 radical (unpaired) electrons. The van der Waals surface area contributed by atoms with Gasteiger partial charge in [-0.3, -0.25) is 0 Å². The summed E-state index contributed by atoms with van der Waals surface area (Å²) in [5.74, 6) is 2.62. The van der Waals surface area contributed by atoms with Gasteiger partial charge in [-0.15, -0.1) is 0 Å². The van der Waals surface area contributed by atoms with E-state index in [1.54, 1.807) is 6.07 Å². The summed E-state index contributed by atoms with van der Waals surface area (Å²) in [5.41, 5.74) is 5.70. The average molecular weight is 534 g/mol. The first-order chi connectivity index (χ1) is 18.0. The highest BCUT2D eigenvalue weighted by atomic mass is 32.2. The van der Waals surface area contributed by atoms with Crippen molar-refractivity contribution in [1.82, 2.24) is 9.97 Å². The van der Waals surface area contributed by atoms with E-state index in [4.69, 9.17) is 9.72 Å². The van der Waals surface area contributed by atoms with E-state index >= 15 is 0 Å². The van der Waals surface area contributed by atoms with E-state index in [2.05, 4.69) is 36.5 Å². The molecular formula is C31H39N3O3S. The van der Waals surface area contributed by atoms with Crippen LogP contribution in [0.5, 0.6) is 5.88 Å². The fourth-order valence-corrected chi connectivity index (χ4v) is 7.48. The molecule has 0 saturated heterocycles. The zero-order chi connectivity index (χ0) is 27.2. The quantitative estimate of drug-likeness (QED) is 0.388. The molecule has 3 aromatic rings. The van der Waals surface area contributed by atoms with Crippen LogP contribution in [-0.2, 0) is 10.0 Å². The second-order valence-electron chi connectivity index (χ2n) is 11.8. The van der Waals surface area contributed by atoms with E-state index in [-0.39, 0.29) is 22.7 Å². The van der Waals surface area contributed by atoms with Crippen LogP contribution < -0.4 is 9.46 Å². The maximum Gasteiger partial charge on any atom is 0.264 e. The minimum atomic E-state index is -3.90. The standard InChI is InChI=1S/C31H39N3O3S/c1-18(2)13-25-17-37-30-22(6)29(27-20(4)9-7-10-21(27)5)32-31(33-30)34-38(35,36)26-12-8-11-23(16-26)28(25)24-14-19(3)15-24/h7-12,16,18-19,24-25,28H,13-15,17H2,1-6H3,(H,32,33,34)/t19?,24?,25-,28?/m1/s1. The van der Waals surface area contributed by atoms with Gasteiger partial charge in [0.2, 0.25) is 11.8 Å². The zero-order valence-electron chi connectivity index (χ0n) is 23.3. The van der Waals surface area contributed by atoms with Crippen LogP contribution in [0.25, 0.3) is 11.3 Å². The number of anilines is 1. The lowest BCUT2D eigenvalue weighted by Crippen LogP contribution is -2.35. The molecule has 6 nitrogen and oxygen atoms in total. The Morgan fingerprint density at radius 1 is 1.03 bits per heavy atom. The fraction of sp³-hybridized carbons (Fsp3) is 0.484. The minimum absolute atomic E-state index is 0.0269. The second-order valence-corrected chi connectivity index (χ2v) is 13.5. The highest BCUT2D eigenvalue weighted by Gasteiger charge is 2.39. The SMILES string of the molecule is Cc1cccc(C)c1-c1nc2nc(c1C)OC[C@@H](CC(C)C)C(C1CC(C)C1)c1cccc(c1)S(=O)(=O)N2. The van der Waals surface area contributed by atoms with Gasteiger partial charge in [-0.2, -0.15) is 4.98 Å². The summed E-state index contributed by atoms with van der Waals surface area (Å²) in [5, 5.41) is 0. The number of aromatic nitrogens is 2.